The Hall–Kier alpha value is -11.1. The van der Waals surface area contributed by atoms with E-state index in [9.17, 15) is 43.2 Å². The monoisotopic (exact) mass is 1860 g/mol. The van der Waals surface area contributed by atoms with Crippen molar-refractivity contribution in [1.82, 2.24) is 88.6 Å². The van der Waals surface area contributed by atoms with Crippen molar-refractivity contribution in [3.63, 3.8) is 0 Å². The van der Waals surface area contributed by atoms with E-state index in [4.69, 9.17) is 72.2 Å². The van der Waals surface area contributed by atoms with Gasteiger partial charge in [-0.15, -0.1) is 70.6 Å². The molecule has 3 unspecified atom stereocenters. The van der Waals surface area contributed by atoms with E-state index in [-0.39, 0.29) is 121 Å². The summed E-state index contributed by atoms with van der Waals surface area (Å²) < 4.78 is 21.4. The van der Waals surface area contributed by atoms with Gasteiger partial charge in [0.25, 0.3) is 52.8 Å². The summed E-state index contributed by atoms with van der Waals surface area (Å²) in [7, 11) is 12.7. The zero-order valence-electron chi connectivity index (χ0n) is 67.6. The maximum atomic E-state index is 13.9. The number of ether oxygens (including phenoxy) is 3. The van der Waals surface area contributed by atoms with Gasteiger partial charge in [-0.1, -0.05) is 84.4 Å². The van der Waals surface area contributed by atoms with Crippen LogP contribution in [0.2, 0.25) is 5.02 Å². The largest absolute Gasteiger partial charge is 0.494 e. The van der Waals surface area contributed by atoms with Crippen LogP contribution in [0.25, 0.3) is 34.2 Å². The predicted octanol–water partition coefficient (Wildman–Crippen LogP) is 12.2. The summed E-state index contributed by atoms with van der Waals surface area (Å²) in [6.45, 7) is 8.93. The van der Waals surface area contributed by atoms with Gasteiger partial charge in [0.15, 0.2) is 17.5 Å². The average Bonchev–Trinajstić information content (AvgIpc) is 1.60. The molecule has 124 heavy (non-hydrogen) atoms. The summed E-state index contributed by atoms with van der Waals surface area (Å²) in [6.07, 6.45) is 14.4. The number of hydrogen-bond donors (Lipinski definition) is 0. The second-order valence-electron chi connectivity index (χ2n) is 28.1. The van der Waals surface area contributed by atoms with Crippen LogP contribution in [-0.2, 0) is 28.8 Å². The maximum absolute atomic E-state index is 13.9. The third-order valence-electron chi connectivity index (χ3n) is 20.9. The van der Waals surface area contributed by atoms with E-state index < -0.39 is 35.1 Å². The lowest BCUT2D eigenvalue weighted by molar-refractivity contribution is -0.142. The second kappa shape index (κ2) is 43.5. The molecule has 6 aliphatic rings. The predicted molar refractivity (Wildman–Crippen MR) is 474 cm³/mol. The van der Waals surface area contributed by atoms with Crippen molar-refractivity contribution >= 4 is 173 Å². The van der Waals surface area contributed by atoms with Crippen molar-refractivity contribution in [3.05, 3.63) is 244 Å². The molecule has 3 saturated heterocycles. The summed E-state index contributed by atoms with van der Waals surface area (Å²) in [4.78, 5) is 156. The van der Waals surface area contributed by atoms with Crippen LogP contribution in [0.1, 0.15) is 99.7 Å². The molecule has 16 rings (SSSR count). The Labute approximate surface area is 758 Å². The Morgan fingerprint density at radius 2 is 0.653 bits per heavy atom. The quantitative estimate of drug-likeness (QED) is 0.0388. The molecule has 6 aromatic heterocycles. The Bertz CT molecular complexity index is 5450. The van der Waals surface area contributed by atoms with Crippen LogP contribution in [-0.4, -0.2) is 264 Å². The summed E-state index contributed by atoms with van der Waals surface area (Å²) >= 11 is 29.8. The summed E-state index contributed by atoms with van der Waals surface area (Å²) in [5.41, 5.74) is 6.08. The number of carbonyl (C=O) groups is 9. The minimum Gasteiger partial charge on any atom is -0.494 e. The highest BCUT2D eigenvalue weighted by Gasteiger charge is 2.43. The fraction of sp³-hybridized carbons (Fsp3) is 0.294. The van der Waals surface area contributed by atoms with E-state index in [0.717, 1.165) is 10.5 Å². The molecule has 0 spiro atoms. The number of fused-ring (bicyclic) bond motifs is 3. The molecule has 30 nitrogen and oxygen atoms in total. The van der Waals surface area contributed by atoms with Crippen molar-refractivity contribution in [3.8, 4) is 34.7 Å². The topological polar surface area (TPSA) is 332 Å². The van der Waals surface area contributed by atoms with Gasteiger partial charge in [0, 0.05) is 212 Å². The number of alkyl halides is 4. The lowest BCUT2D eigenvalue weighted by Crippen LogP contribution is -2.52. The van der Waals surface area contributed by atoms with Crippen LogP contribution < -0.4 is 14.2 Å². The van der Waals surface area contributed by atoms with Crippen molar-refractivity contribution < 1.29 is 57.4 Å². The number of allylic oxidation sites excluding steroid dienone is 3. The van der Waals surface area contributed by atoms with Crippen molar-refractivity contribution in [2.24, 2.45) is 0 Å². The van der Waals surface area contributed by atoms with E-state index in [1.807, 2.05) is 84.9 Å². The van der Waals surface area contributed by atoms with Gasteiger partial charge in [-0.25, -0.2) is 43.9 Å². The summed E-state index contributed by atoms with van der Waals surface area (Å²) in [5, 5.41) is 14.0. The zero-order valence-corrected chi connectivity index (χ0v) is 74.5. The molecule has 3 atom stereocenters. The van der Waals surface area contributed by atoms with Gasteiger partial charge in [-0.3, -0.25) is 43.2 Å². The van der Waals surface area contributed by atoms with E-state index >= 15 is 0 Å². The number of Topliss-reactive ketones (excluding diaryl/α,β-unsaturated/α-hetero) is 3. The van der Waals surface area contributed by atoms with E-state index in [1.165, 1.54) is 70.4 Å². The van der Waals surface area contributed by atoms with Crippen molar-refractivity contribution in [2.45, 2.75) is 43.4 Å². The number of piperazine rings is 3. The molecule has 3 aliphatic heterocycles. The number of methoxy groups -OCH3 is 3. The van der Waals surface area contributed by atoms with Crippen molar-refractivity contribution in [2.75, 3.05) is 123 Å². The highest BCUT2D eigenvalue weighted by Crippen LogP contribution is 2.49. The van der Waals surface area contributed by atoms with Crippen LogP contribution in [0, 0.1) is 20.8 Å². The Morgan fingerprint density at radius 1 is 0.387 bits per heavy atom. The molecule has 4 aromatic carbocycles. The van der Waals surface area contributed by atoms with E-state index in [2.05, 4.69) is 66.9 Å². The number of hydrogen-bond acceptors (Lipinski definition) is 22. The van der Waals surface area contributed by atoms with Gasteiger partial charge < -0.3 is 43.6 Å². The number of aryl methyl sites for hydroxylation is 3. The maximum Gasteiger partial charge on any atom is 0.295 e. The molecule has 0 saturated carbocycles. The summed E-state index contributed by atoms with van der Waals surface area (Å²) in [5.74, 6) is 0.122. The summed E-state index contributed by atoms with van der Waals surface area (Å²) in [6, 6.07) is 34.6. The molecule has 39 heteroatoms. The van der Waals surface area contributed by atoms with Crippen molar-refractivity contribution in [1.29, 1.82) is 0 Å². The molecule has 0 N–H and O–H groups in total. The molecule has 3 fully saturated rings. The van der Waals surface area contributed by atoms with Gasteiger partial charge in [0.05, 0.1) is 45.3 Å². The SMILES string of the molecule is COc1cnc(-n2cnc(C)n2)c2c1C(C(=O)C(=O)N1CCN(C(=O)c3ccccc3)CC1)=CC2CCl.COc1cnc(-n2cnc(C)n2)c2c1C(C(=O)C(=O)N1CCN(C(=O)c3ccccc3)CC1)=CC2CCl.COc1cnc(-n2cnc(C)n2)c2c1C(C(=O)C(=O)N1CCN(C(=O)c3ccccc3)CC1)=CC2CSc1ccc(Cl)cc1.Cl.ClCCl.ClCl. The van der Waals surface area contributed by atoms with Gasteiger partial charge in [-0.05, 0) is 81.4 Å². The molecule has 3 aliphatic carbocycles. The smallest absolute Gasteiger partial charge is 0.295 e. The first-order valence-electron chi connectivity index (χ1n) is 38.4. The Balaban J connectivity index is 0.000000176. The lowest BCUT2D eigenvalue weighted by atomic mass is 9.99. The van der Waals surface area contributed by atoms with E-state index in [0.29, 0.717) is 147 Å². The molecule has 9 heterocycles. The minimum absolute atomic E-state index is 0. The third kappa shape index (κ3) is 20.8. The minimum atomic E-state index is -0.651. The Morgan fingerprint density at radius 3 is 0.911 bits per heavy atom. The van der Waals surface area contributed by atoms with Gasteiger partial charge >= 0.3 is 0 Å². The normalized spacial score (nSPS) is 15.9. The van der Waals surface area contributed by atoms with Gasteiger partial charge in [-0.2, -0.15) is 15.3 Å². The van der Waals surface area contributed by atoms with Crippen LogP contribution in [0.4, 0.5) is 0 Å². The first kappa shape index (κ1) is 93.6. The molecule has 0 radical (unpaired) electrons. The highest BCUT2D eigenvalue weighted by molar-refractivity contribution is 7.99. The third-order valence-corrected chi connectivity index (χ3v) is 22.9. The number of thioether (sulfide) groups is 1. The number of rotatable bonds is 20. The zero-order chi connectivity index (χ0) is 87.7. The first-order valence-corrected chi connectivity index (χ1v) is 43.1. The number of ketones is 3. The average molecular weight is 1860 g/mol. The number of nitrogens with zero attached hydrogens (tertiary/aromatic N) is 18. The van der Waals surface area contributed by atoms with Crippen LogP contribution in [0.5, 0.6) is 17.2 Å². The highest BCUT2D eigenvalue weighted by atomic mass is 36.5. The number of amides is 6. The first-order chi connectivity index (χ1) is 59.6. The van der Waals surface area contributed by atoms with Crippen LogP contribution in [0.3, 0.4) is 0 Å². The molecule has 646 valence electrons. The van der Waals surface area contributed by atoms with Gasteiger partial charge in [0.2, 0.25) is 0 Å². The number of halogens is 8. The Kier molecular flexibility index (Phi) is 32.8. The molecule has 0 bridgehead atoms. The lowest BCUT2D eigenvalue weighted by Gasteiger charge is -2.34. The van der Waals surface area contributed by atoms with Gasteiger partial charge in [0.1, 0.15) is 53.7 Å². The number of pyridine rings is 3. The number of benzene rings is 4. The van der Waals surface area contributed by atoms with Crippen LogP contribution >= 0.6 is 104 Å². The second-order valence-corrected chi connectivity index (χ2v) is 31.1. The fourth-order valence-electron chi connectivity index (χ4n) is 14.9. The number of aromatic nitrogens is 12. The standard InChI is InChI=1S/C32H29ClN6O4S.2C26H25ClN6O4.CH2Cl2.Cl2.ClH/c1-20-35-19-39(36-20)30-27-22(18-44-24-10-8-23(33)9-11-24)16-25(28(27)26(43-2)17-34-30)29(40)32(42)38-14-12-37(13-15-38)31(41)21-6-4-3-5-7-21;2*1-16-29-15-33(30-16)24-21-18(13-27)12-19(22(21)20(37-2)14-28-24)23(34)26(36)32-10-8-31(9-11-32)25(35)17-6-4-3-5-7-17;2-1-3;1-2;/h3-11,16-17,19,22H,12-15,18H2,1-2H3;2*3-7,12,14-15,18H,8-11,13H2,1-2H3;1H2;;1H. The number of carbonyl (C=O) groups excluding carboxylic acids is 9. The van der Waals surface area contributed by atoms with Crippen LogP contribution in [0.15, 0.2) is 176 Å². The molecular weight excluding hydrogens is 1780 g/mol. The molecule has 6 amide bonds. The fourth-order valence-corrected chi connectivity index (χ4v) is 16.5. The molecular formula is C85H82Cl8N18O12S. The molecule has 10 aromatic rings. The van der Waals surface area contributed by atoms with E-state index in [1.54, 1.807) is 113 Å².